The van der Waals surface area contributed by atoms with Crippen molar-refractivity contribution in [1.29, 1.82) is 0 Å². The average molecular weight is 404 g/mol. The highest BCUT2D eigenvalue weighted by Gasteiger charge is 2.25. The van der Waals surface area contributed by atoms with Gasteiger partial charge >= 0.3 is 0 Å². The molecular formula is C17H21Cl3N4O. The maximum atomic E-state index is 12.2. The van der Waals surface area contributed by atoms with Crippen molar-refractivity contribution in [2.24, 2.45) is 0 Å². The van der Waals surface area contributed by atoms with Crippen LogP contribution >= 0.6 is 36.4 Å². The van der Waals surface area contributed by atoms with Crippen LogP contribution in [0.2, 0.25) is 5.02 Å². The lowest BCUT2D eigenvalue weighted by Crippen LogP contribution is -2.38. The van der Waals surface area contributed by atoms with E-state index in [1.165, 1.54) is 0 Å². The number of carbonyl (C=O) groups excluding carboxylic acids is 1. The van der Waals surface area contributed by atoms with Gasteiger partial charge in [0.05, 0.1) is 11.4 Å². The number of aromatic nitrogens is 1. The molecule has 3 rings (SSSR count). The molecule has 136 valence electrons. The van der Waals surface area contributed by atoms with E-state index in [0.29, 0.717) is 17.1 Å². The van der Waals surface area contributed by atoms with E-state index < -0.39 is 0 Å². The van der Waals surface area contributed by atoms with E-state index in [0.717, 1.165) is 30.9 Å². The first-order valence-corrected chi connectivity index (χ1v) is 7.99. The van der Waals surface area contributed by atoms with Crippen LogP contribution in [0.4, 0.5) is 11.5 Å². The van der Waals surface area contributed by atoms with Crippen LogP contribution in [-0.4, -0.2) is 30.0 Å². The minimum atomic E-state index is 0. The van der Waals surface area contributed by atoms with Crippen LogP contribution in [0.1, 0.15) is 12.0 Å². The second kappa shape index (κ2) is 9.70. The van der Waals surface area contributed by atoms with Gasteiger partial charge in [0.1, 0.15) is 5.82 Å². The molecule has 5 nitrogen and oxygen atoms in total. The maximum absolute atomic E-state index is 12.2. The van der Waals surface area contributed by atoms with Crippen molar-refractivity contribution in [1.82, 2.24) is 10.3 Å². The van der Waals surface area contributed by atoms with Crippen molar-refractivity contribution in [3.05, 3.63) is 53.2 Å². The number of nitrogens with two attached hydrogens (primary N) is 1. The predicted octanol–water partition coefficient (Wildman–Crippen LogP) is 3.10. The molecule has 1 aromatic heterocycles. The maximum Gasteiger partial charge on any atom is 0.224 e. The molecule has 1 unspecified atom stereocenters. The van der Waals surface area contributed by atoms with Crippen molar-refractivity contribution in [3.8, 4) is 0 Å². The Kier molecular flexibility index (Phi) is 8.29. The standard InChI is InChI=1S/C17H19ClN4O.2ClH/c18-15-2-1-8-20-17(15)22-9-7-14(11-22)21-16(23)10-12-3-5-13(19)6-4-12;;/h1-6,8,14H,7,9-11,19H2,(H,21,23);2*1H. The number of nitrogens with zero attached hydrogens (tertiary/aromatic N) is 2. The summed E-state index contributed by atoms with van der Waals surface area (Å²) >= 11 is 6.18. The third kappa shape index (κ3) is 5.66. The number of carbonyl (C=O) groups is 1. The Balaban J connectivity index is 0.00000156. The second-order valence-electron chi connectivity index (χ2n) is 5.73. The Morgan fingerprint density at radius 3 is 2.68 bits per heavy atom. The lowest BCUT2D eigenvalue weighted by Gasteiger charge is -2.19. The lowest BCUT2D eigenvalue weighted by molar-refractivity contribution is -0.121. The van der Waals surface area contributed by atoms with Gasteiger partial charge in [-0.1, -0.05) is 23.7 Å². The number of halogens is 3. The fourth-order valence-corrected chi connectivity index (χ4v) is 3.02. The lowest BCUT2D eigenvalue weighted by atomic mass is 10.1. The number of rotatable bonds is 4. The summed E-state index contributed by atoms with van der Waals surface area (Å²) in [5.74, 6) is 0.804. The number of nitrogens with one attached hydrogen (secondary N) is 1. The molecule has 1 amide bonds. The number of pyridine rings is 1. The Labute approximate surface area is 164 Å². The number of hydrogen-bond acceptors (Lipinski definition) is 4. The molecule has 2 heterocycles. The molecule has 1 atom stereocenters. The van der Waals surface area contributed by atoms with Gasteiger partial charge in [0, 0.05) is 31.0 Å². The van der Waals surface area contributed by atoms with Crippen LogP contribution < -0.4 is 16.0 Å². The highest BCUT2D eigenvalue weighted by Crippen LogP contribution is 2.25. The Morgan fingerprint density at radius 2 is 2.00 bits per heavy atom. The van der Waals surface area contributed by atoms with Gasteiger partial charge in [-0.2, -0.15) is 0 Å². The van der Waals surface area contributed by atoms with E-state index in [2.05, 4.69) is 15.2 Å². The van der Waals surface area contributed by atoms with Gasteiger partial charge in [-0.3, -0.25) is 4.79 Å². The summed E-state index contributed by atoms with van der Waals surface area (Å²) in [6.45, 7) is 1.56. The fourth-order valence-electron chi connectivity index (χ4n) is 2.78. The first-order valence-electron chi connectivity index (χ1n) is 7.61. The molecule has 0 bridgehead atoms. The van der Waals surface area contributed by atoms with Crippen LogP contribution in [0.25, 0.3) is 0 Å². The van der Waals surface area contributed by atoms with Crippen molar-refractivity contribution >= 4 is 53.8 Å². The molecule has 0 saturated carbocycles. The zero-order valence-corrected chi connectivity index (χ0v) is 15.9. The molecule has 0 spiro atoms. The van der Waals surface area contributed by atoms with Gasteiger partial charge in [-0.05, 0) is 36.2 Å². The van der Waals surface area contributed by atoms with Crippen LogP contribution in [0.3, 0.4) is 0 Å². The summed E-state index contributed by atoms with van der Waals surface area (Å²) in [4.78, 5) is 18.6. The Bertz CT molecular complexity index is 697. The van der Waals surface area contributed by atoms with Crippen molar-refractivity contribution in [3.63, 3.8) is 0 Å². The summed E-state index contributed by atoms with van der Waals surface area (Å²) in [6.07, 6.45) is 2.98. The second-order valence-corrected chi connectivity index (χ2v) is 6.13. The molecule has 8 heteroatoms. The van der Waals surface area contributed by atoms with Crippen LogP contribution in [0.15, 0.2) is 42.6 Å². The summed E-state index contributed by atoms with van der Waals surface area (Å²) in [7, 11) is 0. The monoisotopic (exact) mass is 402 g/mol. The van der Waals surface area contributed by atoms with Crippen molar-refractivity contribution in [2.45, 2.75) is 18.9 Å². The molecule has 1 aromatic carbocycles. The molecule has 1 aliphatic rings. The fraction of sp³-hybridized carbons (Fsp3) is 0.294. The molecule has 2 aromatic rings. The van der Waals surface area contributed by atoms with E-state index in [9.17, 15) is 4.79 Å². The zero-order chi connectivity index (χ0) is 16.2. The number of benzene rings is 1. The SMILES string of the molecule is Cl.Cl.Nc1ccc(CC(=O)NC2CCN(c3ncccc3Cl)C2)cc1. The normalized spacial score (nSPS) is 15.9. The minimum absolute atomic E-state index is 0. The highest BCUT2D eigenvalue weighted by molar-refractivity contribution is 6.32. The number of hydrogen-bond donors (Lipinski definition) is 2. The highest BCUT2D eigenvalue weighted by atomic mass is 35.5. The van der Waals surface area contributed by atoms with Crippen LogP contribution in [-0.2, 0) is 11.2 Å². The van der Waals surface area contributed by atoms with Crippen molar-refractivity contribution in [2.75, 3.05) is 23.7 Å². The van der Waals surface area contributed by atoms with Crippen LogP contribution in [0.5, 0.6) is 0 Å². The topological polar surface area (TPSA) is 71.2 Å². The molecular weight excluding hydrogens is 383 g/mol. The number of anilines is 2. The number of amides is 1. The molecule has 0 radical (unpaired) electrons. The Morgan fingerprint density at radius 1 is 1.28 bits per heavy atom. The Hall–Kier alpha value is -1.69. The minimum Gasteiger partial charge on any atom is -0.399 e. The van der Waals surface area contributed by atoms with E-state index in [4.69, 9.17) is 17.3 Å². The van der Waals surface area contributed by atoms with Gasteiger partial charge < -0.3 is 16.0 Å². The third-order valence-electron chi connectivity index (χ3n) is 3.94. The molecule has 25 heavy (non-hydrogen) atoms. The molecule has 1 aliphatic heterocycles. The molecule has 0 aliphatic carbocycles. The summed E-state index contributed by atoms with van der Waals surface area (Å²) in [5, 5.41) is 3.72. The van der Waals surface area contributed by atoms with Gasteiger partial charge in [-0.25, -0.2) is 4.98 Å². The molecule has 1 saturated heterocycles. The third-order valence-corrected chi connectivity index (χ3v) is 4.23. The largest absolute Gasteiger partial charge is 0.399 e. The smallest absolute Gasteiger partial charge is 0.224 e. The van der Waals surface area contributed by atoms with E-state index in [1.54, 1.807) is 6.20 Å². The quantitative estimate of drug-likeness (QED) is 0.770. The molecule has 3 N–H and O–H groups in total. The average Bonchev–Trinajstić information content (AvgIpc) is 2.98. The number of nitrogen functional groups attached to an aromatic ring is 1. The van der Waals surface area contributed by atoms with E-state index in [1.807, 2.05) is 36.4 Å². The zero-order valence-electron chi connectivity index (χ0n) is 13.5. The molecule has 1 fully saturated rings. The van der Waals surface area contributed by atoms with Gasteiger partial charge in [0.2, 0.25) is 5.91 Å². The van der Waals surface area contributed by atoms with Gasteiger partial charge in [-0.15, -0.1) is 24.8 Å². The first kappa shape index (κ1) is 21.4. The van der Waals surface area contributed by atoms with Gasteiger partial charge in [0.25, 0.3) is 0 Å². The summed E-state index contributed by atoms with van der Waals surface area (Å²) in [6, 6.07) is 11.1. The van der Waals surface area contributed by atoms with Crippen molar-refractivity contribution < 1.29 is 4.79 Å². The van der Waals surface area contributed by atoms with Gasteiger partial charge in [0.15, 0.2) is 0 Å². The summed E-state index contributed by atoms with van der Waals surface area (Å²) in [5.41, 5.74) is 7.31. The van der Waals surface area contributed by atoms with E-state index in [-0.39, 0.29) is 36.8 Å². The predicted molar refractivity (Wildman–Crippen MR) is 107 cm³/mol. The van der Waals surface area contributed by atoms with E-state index >= 15 is 0 Å². The summed E-state index contributed by atoms with van der Waals surface area (Å²) < 4.78 is 0. The van der Waals surface area contributed by atoms with Crippen LogP contribution in [0, 0.1) is 0 Å². The first-order chi connectivity index (χ1) is 11.1.